The fourth-order valence-corrected chi connectivity index (χ4v) is 3.87. The maximum absolute atomic E-state index is 14.1. The number of nitrogens with zero attached hydrogens (tertiary/aromatic N) is 1. The lowest BCUT2D eigenvalue weighted by Gasteiger charge is -2.33. The molecule has 0 bridgehead atoms. The highest BCUT2D eigenvalue weighted by Crippen LogP contribution is 2.26. The summed E-state index contributed by atoms with van der Waals surface area (Å²) in [7, 11) is 1.41. The minimum atomic E-state index is -0.492. The molecule has 0 spiro atoms. The van der Waals surface area contributed by atoms with Gasteiger partial charge in [-0.3, -0.25) is 4.79 Å². The van der Waals surface area contributed by atoms with Crippen LogP contribution in [0.2, 0.25) is 0 Å². The van der Waals surface area contributed by atoms with Gasteiger partial charge in [0.2, 0.25) is 0 Å². The van der Waals surface area contributed by atoms with Gasteiger partial charge in [-0.05, 0) is 35.4 Å². The number of rotatable bonds is 6. The Bertz CT molecular complexity index is 1060. The number of hydrogen-bond acceptors (Lipinski definition) is 4. The van der Waals surface area contributed by atoms with Gasteiger partial charge in [-0.1, -0.05) is 42.5 Å². The Morgan fingerprint density at radius 1 is 1.19 bits per heavy atom. The summed E-state index contributed by atoms with van der Waals surface area (Å²) in [6.07, 6.45) is -0.190. The number of nitrogens with one attached hydrogen (secondary N) is 1. The van der Waals surface area contributed by atoms with Crippen molar-refractivity contribution in [2.24, 2.45) is 0 Å². The molecule has 1 amide bonds. The van der Waals surface area contributed by atoms with Crippen molar-refractivity contribution in [1.82, 2.24) is 5.32 Å². The van der Waals surface area contributed by atoms with Crippen molar-refractivity contribution < 1.29 is 18.7 Å². The summed E-state index contributed by atoms with van der Waals surface area (Å²) in [5.74, 6) is -0.520. The summed E-state index contributed by atoms with van der Waals surface area (Å²) in [5, 5.41) is 5.94. The first kappa shape index (κ1) is 23.0. The Morgan fingerprint density at radius 3 is 2.74 bits per heavy atom. The van der Waals surface area contributed by atoms with Crippen molar-refractivity contribution in [2.75, 3.05) is 31.7 Å². The average Bonchev–Trinajstić information content (AvgIpc) is 2.78. The fourth-order valence-electron chi connectivity index (χ4n) is 3.87. The quantitative estimate of drug-likeness (QED) is 0.608. The van der Waals surface area contributed by atoms with Crippen LogP contribution in [0, 0.1) is 5.82 Å². The van der Waals surface area contributed by atoms with E-state index in [-0.39, 0.29) is 42.8 Å². The van der Waals surface area contributed by atoms with E-state index in [0.29, 0.717) is 18.8 Å². The predicted molar refractivity (Wildman–Crippen MR) is 123 cm³/mol. The number of anilines is 1. The third-order valence-corrected chi connectivity index (χ3v) is 5.52. The van der Waals surface area contributed by atoms with Gasteiger partial charge in [0.15, 0.2) is 11.6 Å². The number of carbonyl (C=O) groups excluding carboxylic acids is 1. The topological polar surface area (TPSA) is 50.8 Å². The van der Waals surface area contributed by atoms with Crippen molar-refractivity contribution in [1.29, 1.82) is 0 Å². The van der Waals surface area contributed by atoms with Crippen LogP contribution < -0.4 is 15.0 Å². The number of amides is 1. The van der Waals surface area contributed by atoms with E-state index in [2.05, 4.69) is 42.6 Å². The molecule has 164 valence electrons. The summed E-state index contributed by atoms with van der Waals surface area (Å²) in [6.45, 7) is 3.03. The van der Waals surface area contributed by atoms with E-state index < -0.39 is 5.82 Å². The van der Waals surface area contributed by atoms with Crippen molar-refractivity contribution in [3.63, 3.8) is 0 Å². The van der Waals surface area contributed by atoms with Crippen molar-refractivity contribution in [2.45, 2.75) is 19.1 Å². The molecule has 0 saturated carbocycles. The van der Waals surface area contributed by atoms with Crippen molar-refractivity contribution >= 4 is 34.8 Å². The van der Waals surface area contributed by atoms with E-state index in [1.54, 1.807) is 11.0 Å². The number of ether oxygens (including phenoxy) is 2. The standard InChI is InChI=1S/C24H25FN2O3.ClH/c1-16(20-9-5-7-17-6-3-4-8-21(17)20)26-13-19-14-27(24(28)15-30-19)18-10-11-23(29-2)22(25)12-18;/h3-12,16,19,26H,13-15H2,1-2H3;1H/t16-,19?;/m1./s1. The highest BCUT2D eigenvalue weighted by Gasteiger charge is 2.28. The molecule has 7 heteroatoms. The maximum atomic E-state index is 14.1. The Kier molecular flexibility index (Phi) is 7.49. The van der Waals surface area contributed by atoms with Crippen molar-refractivity contribution in [3.8, 4) is 5.75 Å². The molecule has 3 aromatic rings. The molecule has 1 N–H and O–H groups in total. The Balaban J connectivity index is 0.00000272. The minimum absolute atomic E-state index is 0. The van der Waals surface area contributed by atoms with Crippen LogP contribution in [0.4, 0.5) is 10.1 Å². The number of morpholine rings is 1. The van der Waals surface area contributed by atoms with E-state index in [1.165, 1.54) is 35.6 Å². The average molecular weight is 445 g/mol. The van der Waals surface area contributed by atoms with Gasteiger partial charge in [-0.15, -0.1) is 12.4 Å². The Labute approximate surface area is 187 Å². The zero-order valence-electron chi connectivity index (χ0n) is 17.5. The van der Waals surface area contributed by atoms with Gasteiger partial charge in [-0.2, -0.15) is 0 Å². The largest absolute Gasteiger partial charge is 0.494 e. The van der Waals surface area contributed by atoms with Gasteiger partial charge >= 0.3 is 0 Å². The number of halogens is 2. The van der Waals surface area contributed by atoms with Gasteiger partial charge in [0.1, 0.15) is 6.61 Å². The summed E-state index contributed by atoms with van der Waals surface area (Å²) >= 11 is 0. The zero-order chi connectivity index (χ0) is 21.1. The smallest absolute Gasteiger partial charge is 0.253 e. The molecule has 1 unspecified atom stereocenters. The minimum Gasteiger partial charge on any atom is -0.494 e. The molecule has 0 aliphatic carbocycles. The highest BCUT2D eigenvalue weighted by molar-refractivity contribution is 5.95. The SMILES string of the molecule is COc1ccc(N2CC(CN[C@H](C)c3cccc4ccccc34)OCC2=O)cc1F.Cl. The molecule has 4 rings (SSSR count). The number of hydrogen-bond donors (Lipinski definition) is 1. The molecule has 5 nitrogen and oxygen atoms in total. The van der Waals surface area contributed by atoms with Gasteiger partial charge < -0.3 is 19.7 Å². The lowest BCUT2D eigenvalue weighted by molar-refractivity contribution is -0.129. The third-order valence-electron chi connectivity index (χ3n) is 5.52. The van der Waals surface area contributed by atoms with E-state index in [4.69, 9.17) is 9.47 Å². The summed E-state index contributed by atoms with van der Waals surface area (Å²) < 4.78 is 24.8. The van der Waals surface area contributed by atoms with E-state index in [9.17, 15) is 9.18 Å². The molecule has 2 atom stereocenters. The molecule has 1 aliphatic rings. The second kappa shape index (κ2) is 10.1. The second-order valence-electron chi connectivity index (χ2n) is 7.45. The van der Waals surface area contributed by atoms with Crippen LogP contribution in [0.15, 0.2) is 60.7 Å². The first-order valence-corrected chi connectivity index (χ1v) is 10.0. The normalized spacial score (nSPS) is 17.3. The van der Waals surface area contributed by atoms with Gasteiger partial charge in [-0.25, -0.2) is 4.39 Å². The number of carbonyl (C=O) groups is 1. The molecule has 0 aromatic heterocycles. The number of fused-ring (bicyclic) bond motifs is 1. The summed E-state index contributed by atoms with van der Waals surface area (Å²) in [4.78, 5) is 13.9. The van der Waals surface area contributed by atoms with E-state index >= 15 is 0 Å². The molecule has 31 heavy (non-hydrogen) atoms. The van der Waals surface area contributed by atoms with Crippen LogP contribution in [-0.2, 0) is 9.53 Å². The van der Waals surface area contributed by atoms with Crippen LogP contribution in [0.25, 0.3) is 10.8 Å². The highest BCUT2D eigenvalue weighted by atomic mass is 35.5. The lowest BCUT2D eigenvalue weighted by atomic mass is 9.99. The number of methoxy groups -OCH3 is 1. The Hall–Kier alpha value is -2.67. The monoisotopic (exact) mass is 444 g/mol. The molecule has 0 radical (unpaired) electrons. The zero-order valence-corrected chi connectivity index (χ0v) is 18.3. The van der Waals surface area contributed by atoms with Gasteiger partial charge in [0.05, 0.1) is 19.8 Å². The molecule has 1 heterocycles. The first-order valence-electron chi connectivity index (χ1n) is 10.0. The second-order valence-corrected chi connectivity index (χ2v) is 7.45. The van der Waals surface area contributed by atoms with E-state index in [0.717, 1.165) is 0 Å². The summed E-state index contributed by atoms with van der Waals surface area (Å²) in [6, 6.07) is 19.3. The first-order chi connectivity index (χ1) is 14.6. The van der Waals surface area contributed by atoms with Crippen molar-refractivity contribution in [3.05, 3.63) is 72.0 Å². The van der Waals surface area contributed by atoms with Gasteiger partial charge in [0.25, 0.3) is 5.91 Å². The van der Waals surface area contributed by atoms with Crippen LogP contribution in [0.5, 0.6) is 5.75 Å². The predicted octanol–water partition coefficient (Wildman–Crippen LogP) is 4.49. The molecule has 1 saturated heterocycles. The molecule has 1 fully saturated rings. The maximum Gasteiger partial charge on any atom is 0.253 e. The third kappa shape index (κ3) is 4.98. The Morgan fingerprint density at radius 2 is 1.97 bits per heavy atom. The number of benzene rings is 3. The molecule has 3 aromatic carbocycles. The van der Waals surface area contributed by atoms with Crippen LogP contribution in [-0.4, -0.2) is 38.8 Å². The molecular weight excluding hydrogens is 419 g/mol. The van der Waals surface area contributed by atoms with Crippen LogP contribution in [0.1, 0.15) is 18.5 Å². The fraction of sp³-hybridized carbons (Fsp3) is 0.292. The molecule has 1 aliphatic heterocycles. The lowest BCUT2D eigenvalue weighted by Crippen LogP contribution is -2.50. The molecular formula is C24H26ClFN2O3. The summed E-state index contributed by atoms with van der Waals surface area (Å²) in [5.41, 5.74) is 1.72. The van der Waals surface area contributed by atoms with Crippen LogP contribution >= 0.6 is 12.4 Å². The van der Waals surface area contributed by atoms with Gasteiger partial charge in [0, 0.05) is 24.3 Å². The van der Waals surface area contributed by atoms with Crippen LogP contribution in [0.3, 0.4) is 0 Å². The van der Waals surface area contributed by atoms with E-state index in [1.807, 2.05) is 12.1 Å².